The molecule has 8 heteroatoms. The van der Waals surface area contributed by atoms with E-state index in [0.717, 1.165) is 0 Å². The maximum Gasteiger partial charge on any atom is 0.311 e. The molecule has 0 amide bonds. The lowest BCUT2D eigenvalue weighted by molar-refractivity contribution is -0.227. The predicted octanol–water partition coefficient (Wildman–Crippen LogP) is 1.25. The van der Waals surface area contributed by atoms with Crippen LogP contribution in [0, 0.1) is 40.9 Å². The van der Waals surface area contributed by atoms with Gasteiger partial charge in [-0.1, -0.05) is 20.3 Å². The number of aliphatic carboxylic acids is 4. The van der Waals surface area contributed by atoms with Crippen molar-refractivity contribution in [1.29, 1.82) is 0 Å². The predicted molar refractivity (Wildman–Crippen MR) is 79.1 cm³/mol. The number of hydrogen-bond donors (Lipinski definition) is 4. The average Bonchev–Trinajstić information content (AvgIpc) is 2.46. The molecule has 2 rings (SSSR count). The Morgan fingerprint density at radius 2 is 1.46 bits per heavy atom. The number of fused-ring (bicyclic) bond motifs is 1. The molecule has 0 heterocycles. The number of rotatable bonds is 6. The summed E-state index contributed by atoms with van der Waals surface area (Å²) in [6, 6.07) is 0. The van der Waals surface area contributed by atoms with E-state index in [2.05, 4.69) is 0 Å². The Morgan fingerprint density at radius 1 is 0.958 bits per heavy atom. The summed E-state index contributed by atoms with van der Waals surface area (Å²) in [7, 11) is 0. The highest BCUT2D eigenvalue weighted by Gasteiger charge is 2.73. The van der Waals surface area contributed by atoms with Crippen molar-refractivity contribution in [2.75, 3.05) is 0 Å². The fraction of sp³-hybridized carbons (Fsp3) is 0.750. The molecule has 7 unspecified atom stereocenters. The smallest absolute Gasteiger partial charge is 0.311 e. The highest BCUT2D eigenvalue weighted by Crippen LogP contribution is 2.67. The summed E-state index contributed by atoms with van der Waals surface area (Å²) < 4.78 is 0. The van der Waals surface area contributed by atoms with Crippen molar-refractivity contribution in [3.63, 3.8) is 0 Å². The zero-order valence-electron chi connectivity index (χ0n) is 13.5. The normalized spacial score (nSPS) is 39.2. The van der Waals surface area contributed by atoms with Gasteiger partial charge in [0.1, 0.15) is 0 Å². The Hall–Kier alpha value is -2.12. The molecule has 0 aliphatic heterocycles. The molecule has 2 saturated carbocycles. The standard InChI is InChI=1S/C16H22O8/c1-3-6(2)16(15(23)24)10-5-8(13(19)20)7(12(17)18)4-9(10)11(16)14(21)22/h6-11H,3-5H2,1-2H3,(H,17,18)(H,19,20)(H,21,22)(H,23,24). The molecule has 0 aromatic rings. The number of carboxylic acids is 4. The Balaban J connectivity index is 2.49. The van der Waals surface area contributed by atoms with Crippen molar-refractivity contribution in [1.82, 2.24) is 0 Å². The first-order chi connectivity index (χ1) is 11.1. The number of carbonyl (C=O) groups is 4. The third-order valence-corrected chi connectivity index (χ3v) is 6.29. The van der Waals surface area contributed by atoms with Crippen LogP contribution >= 0.6 is 0 Å². The van der Waals surface area contributed by atoms with Crippen molar-refractivity contribution in [2.45, 2.75) is 33.1 Å². The first kappa shape index (κ1) is 18.2. The molecule has 0 spiro atoms. The second-order valence-corrected chi connectivity index (χ2v) is 6.99. The van der Waals surface area contributed by atoms with Crippen LogP contribution in [0.25, 0.3) is 0 Å². The molecule has 0 radical (unpaired) electrons. The Morgan fingerprint density at radius 3 is 1.83 bits per heavy atom. The molecule has 0 aromatic heterocycles. The van der Waals surface area contributed by atoms with Crippen LogP contribution in [0.15, 0.2) is 0 Å². The van der Waals surface area contributed by atoms with E-state index in [4.69, 9.17) is 0 Å². The summed E-state index contributed by atoms with van der Waals surface area (Å²) in [6.07, 6.45) is 0.218. The van der Waals surface area contributed by atoms with Crippen LogP contribution in [0.2, 0.25) is 0 Å². The monoisotopic (exact) mass is 342 g/mol. The maximum atomic E-state index is 12.0. The van der Waals surface area contributed by atoms with Gasteiger partial charge in [-0.25, -0.2) is 0 Å². The molecular weight excluding hydrogens is 320 g/mol. The van der Waals surface area contributed by atoms with Crippen LogP contribution in [0.5, 0.6) is 0 Å². The van der Waals surface area contributed by atoms with Crippen LogP contribution in [0.1, 0.15) is 33.1 Å². The van der Waals surface area contributed by atoms with Gasteiger partial charge in [0.2, 0.25) is 0 Å². The van der Waals surface area contributed by atoms with Crippen molar-refractivity contribution in [3.05, 3.63) is 0 Å². The summed E-state index contributed by atoms with van der Waals surface area (Å²) in [5, 5.41) is 38.0. The average molecular weight is 342 g/mol. The minimum atomic E-state index is -1.54. The Bertz CT molecular complexity index is 585. The van der Waals surface area contributed by atoms with Crippen LogP contribution in [-0.4, -0.2) is 44.3 Å². The van der Waals surface area contributed by atoms with Gasteiger partial charge in [-0.3, -0.25) is 19.2 Å². The highest BCUT2D eigenvalue weighted by molar-refractivity contribution is 5.88. The van der Waals surface area contributed by atoms with Gasteiger partial charge in [-0.05, 0) is 30.6 Å². The van der Waals surface area contributed by atoms with Crippen molar-refractivity contribution >= 4 is 23.9 Å². The molecule has 134 valence electrons. The van der Waals surface area contributed by atoms with Gasteiger partial charge in [-0.2, -0.15) is 0 Å². The first-order valence-corrected chi connectivity index (χ1v) is 8.02. The van der Waals surface area contributed by atoms with Crippen LogP contribution < -0.4 is 0 Å². The summed E-state index contributed by atoms with van der Waals surface area (Å²) >= 11 is 0. The quantitative estimate of drug-likeness (QED) is 0.563. The van der Waals surface area contributed by atoms with Crippen molar-refractivity contribution in [2.24, 2.45) is 40.9 Å². The van der Waals surface area contributed by atoms with Crippen LogP contribution in [0.3, 0.4) is 0 Å². The van der Waals surface area contributed by atoms with E-state index < -0.39 is 64.8 Å². The third-order valence-electron chi connectivity index (χ3n) is 6.29. The summed E-state index contributed by atoms with van der Waals surface area (Å²) in [5.74, 6) is -10.3. The number of hydrogen-bond acceptors (Lipinski definition) is 4. The zero-order chi connectivity index (χ0) is 18.4. The molecule has 24 heavy (non-hydrogen) atoms. The van der Waals surface area contributed by atoms with E-state index in [-0.39, 0.29) is 12.8 Å². The molecule has 0 saturated heterocycles. The summed E-state index contributed by atoms with van der Waals surface area (Å²) in [4.78, 5) is 46.6. The summed E-state index contributed by atoms with van der Waals surface area (Å²) in [6.45, 7) is 3.43. The molecule has 2 aliphatic carbocycles. The van der Waals surface area contributed by atoms with E-state index in [9.17, 15) is 39.6 Å². The second-order valence-electron chi connectivity index (χ2n) is 6.99. The third kappa shape index (κ3) is 2.27. The first-order valence-electron chi connectivity index (χ1n) is 8.02. The molecular formula is C16H22O8. The van der Waals surface area contributed by atoms with Gasteiger partial charge >= 0.3 is 23.9 Å². The van der Waals surface area contributed by atoms with E-state index >= 15 is 0 Å². The van der Waals surface area contributed by atoms with Gasteiger partial charge < -0.3 is 20.4 Å². The van der Waals surface area contributed by atoms with Gasteiger partial charge in [0.25, 0.3) is 0 Å². The lowest BCUT2D eigenvalue weighted by atomic mass is 9.37. The summed E-state index contributed by atoms with van der Waals surface area (Å²) in [5.41, 5.74) is -1.54. The minimum Gasteiger partial charge on any atom is -0.481 e. The van der Waals surface area contributed by atoms with Crippen molar-refractivity contribution in [3.8, 4) is 0 Å². The highest BCUT2D eigenvalue weighted by atomic mass is 16.4. The van der Waals surface area contributed by atoms with Gasteiger partial charge in [0.15, 0.2) is 0 Å². The molecule has 0 bridgehead atoms. The molecule has 2 fully saturated rings. The Kier molecular flexibility index (Phi) is 4.61. The number of carboxylic acid groups (broad SMARTS) is 4. The SMILES string of the molecule is CCC(C)C1(C(=O)O)C2CC(C(=O)O)C(C(=O)O)CC2C1C(=O)O. The molecule has 2 aliphatic rings. The molecule has 4 N–H and O–H groups in total. The van der Waals surface area contributed by atoms with Gasteiger partial charge in [0.05, 0.1) is 23.2 Å². The van der Waals surface area contributed by atoms with E-state index in [1.807, 2.05) is 0 Å². The largest absolute Gasteiger partial charge is 0.481 e. The van der Waals surface area contributed by atoms with Gasteiger partial charge in [0, 0.05) is 0 Å². The van der Waals surface area contributed by atoms with E-state index in [1.165, 1.54) is 0 Å². The lowest BCUT2D eigenvalue weighted by Gasteiger charge is -2.63. The molecule has 8 nitrogen and oxygen atoms in total. The fourth-order valence-electron chi connectivity index (χ4n) is 5.06. The minimum absolute atomic E-state index is 0.112. The molecule has 7 atom stereocenters. The van der Waals surface area contributed by atoms with Crippen LogP contribution in [0.4, 0.5) is 0 Å². The lowest BCUT2D eigenvalue weighted by Crippen LogP contribution is -2.69. The van der Waals surface area contributed by atoms with Crippen LogP contribution in [-0.2, 0) is 19.2 Å². The van der Waals surface area contributed by atoms with Gasteiger partial charge in [-0.15, -0.1) is 0 Å². The second kappa shape index (κ2) is 6.07. The maximum absolute atomic E-state index is 12.0. The topological polar surface area (TPSA) is 149 Å². The molecule has 0 aromatic carbocycles. The zero-order valence-corrected chi connectivity index (χ0v) is 13.5. The van der Waals surface area contributed by atoms with E-state index in [1.54, 1.807) is 13.8 Å². The Labute approximate surface area is 138 Å². The fourth-order valence-corrected chi connectivity index (χ4v) is 5.06. The van der Waals surface area contributed by atoms with Crippen molar-refractivity contribution < 1.29 is 39.6 Å². The van der Waals surface area contributed by atoms with E-state index in [0.29, 0.717) is 6.42 Å².